The second kappa shape index (κ2) is 58.4. The minimum absolute atomic E-state index is 0.0946. The molecule has 0 aromatic carbocycles. The number of hydrogen-bond acceptors (Lipinski definition) is 6. The van der Waals surface area contributed by atoms with Crippen LogP contribution >= 0.6 is 0 Å². The fourth-order valence-electron chi connectivity index (χ4n) is 8.47. The number of hydrogen-bond donors (Lipinski definition) is 0. The number of unbranched alkanes of at least 4 members (excludes halogenated alkanes) is 31. The second-order valence-electron chi connectivity index (χ2n) is 19.9. The fourth-order valence-corrected chi connectivity index (χ4v) is 8.47. The van der Waals surface area contributed by atoms with E-state index >= 15 is 0 Å². The Kier molecular flexibility index (Phi) is 55.8. The average molecular weight is 978 g/mol. The van der Waals surface area contributed by atoms with Gasteiger partial charge in [-0.1, -0.05) is 267 Å². The molecule has 6 nitrogen and oxygen atoms in total. The van der Waals surface area contributed by atoms with Crippen LogP contribution in [0.25, 0.3) is 0 Å². The van der Waals surface area contributed by atoms with E-state index in [4.69, 9.17) is 14.2 Å². The summed E-state index contributed by atoms with van der Waals surface area (Å²) in [4.78, 5) is 38.1. The monoisotopic (exact) mass is 977 g/mol. The van der Waals surface area contributed by atoms with Gasteiger partial charge in [0.2, 0.25) is 0 Å². The van der Waals surface area contributed by atoms with Crippen molar-refractivity contribution in [1.82, 2.24) is 0 Å². The molecular formula is C64H112O6. The molecule has 0 heterocycles. The molecule has 0 saturated heterocycles. The first-order valence-electron chi connectivity index (χ1n) is 29.9. The van der Waals surface area contributed by atoms with Crippen LogP contribution in [0.3, 0.4) is 0 Å². The van der Waals surface area contributed by atoms with Crippen molar-refractivity contribution in [2.45, 2.75) is 303 Å². The zero-order chi connectivity index (χ0) is 50.7. The van der Waals surface area contributed by atoms with Gasteiger partial charge in [-0.2, -0.15) is 0 Å². The van der Waals surface area contributed by atoms with Gasteiger partial charge in [-0.05, 0) is 83.5 Å². The quantitative estimate of drug-likeness (QED) is 0.0261. The molecule has 0 fully saturated rings. The minimum Gasteiger partial charge on any atom is -0.462 e. The molecule has 0 aliphatic heterocycles. The van der Waals surface area contributed by atoms with Crippen molar-refractivity contribution < 1.29 is 28.6 Å². The molecule has 0 radical (unpaired) electrons. The van der Waals surface area contributed by atoms with Crippen molar-refractivity contribution in [3.8, 4) is 0 Å². The van der Waals surface area contributed by atoms with Gasteiger partial charge in [-0.3, -0.25) is 14.4 Å². The van der Waals surface area contributed by atoms with Gasteiger partial charge in [0.25, 0.3) is 0 Å². The predicted octanol–water partition coefficient (Wildman–Crippen LogP) is 20.2. The van der Waals surface area contributed by atoms with E-state index in [0.29, 0.717) is 19.3 Å². The minimum atomic E-state index is -0.802. The van der Waals surface area contributed by atoms with E-state index in [1.165, 1.54) is 141 Å². The van der Waals surface area contributed by atoms with Crippen molar-refractivity contribution in [2.75, 3.05) is 13.2 Å². The van der Waals surface area contributed by atoms with Crippen molar-refractivity contribution in [2.24, 2.45) is 0 Å². The molecule has 1 atom stereocenters. The first kappa shape index (κ1) is 66.9. The van der Waals surface area contributed by atoms with Gasteiger partial charge < -0.3 is 14.2 Å². The molecule has 0 rings (SSSR count). The Hall–Kier alpha value is -3.15. The highest BCUT2D eigenvalue weighted by atomic mass is 16.6. The molecule has 0 aromatic heterocycles. The van der Waals surface area contributed by atoms with Crippen LogP contribution in [0.2, 0.25) is 0 Å². The number of esters is 3. The summed E-state index contributed by atoms with van der Waals surface area (Å²) in [5.41, 5.74) is 0. The van der Waals surface area contributed by atoms with Gasteiger partial charge >= 0.3 is 17.9 Å². The van der Waals surface area contributed by atoms with E-state index in [0.717, 1.165) is 109 Å². The Labute approximate surface area is 433 Å². The lowest BCUT2D eigenvalue weighted by atomic mass is 10.0. The number of rotatable bonds is 54. The SMILES string of the molecule is CC/C=C\C/C=C\C/C=C\C/C=C\CCCCC(=O)OC(COC(=O)CCCCCCC/C=C\C/C=C\CCC)COC(=O)CCCCCCCCCCCCCCCCCCCCCCCCCC. The third kappa shape index (κ3) is 55.8. The topological polar surface area (TPSA) is 78.9 Å². The van der Waals surface area contributed by atoms with Gasteiger partial charge in [-0.15, -0.1) is 0 Å². The van der Waals surface area contributed by atoms with E-state index < -0.39 is 6.10 Å². The molecular weight excluding hydrogens is 865 g/mol. The lowest BCUT2D eigenvalue weighted by molar-refractivity contribution is -0.167. The standard InChI is InChI=1S/C64H112O6/c1-4-7-10-13-16-19-22-25-27-28-29-30-31-32-33-34-35-37-39-42-45-48-51-54-57-63(66)69-60-61(59-68-62(65)56-53-50-47-44-41-38-24-21-18-15-12-9-6-3)70-64(67)58-55-52-49-46-43-40-36-26-23-20-17-14-11-8-5-2/h8,11-12,15,17,20-21,24,26,36,43,46,61H,4-7,9-10,13-14,16,18-19,22-23,25,27-35,37-42,44-45,47-60H2,1-3H3/b11-8-,15-12-,20-17-,24-21-,36-26-,46-43-. The number of carbonyl (C=O) groups excluding carboxylic acids is 3. The Bertz CT molecular complexity index is 1310. The van der Waals surface area contributed by atoms with Gasteiger partial charge in [-0.25, -0.2) is 0 Å². The molecule has 0 bridgehead atoms. The highest BCUT2D eigenvalue weighted by Gasteiger charge is 2.19. The van der Waals surface area contributed by atoms with Crippen LogP contribution in [-0.2, 0) is 28.6 Å². The molecule has 0 amide bonds. The fraction of sp³-hybridized carbons (Fsp3) is 0.766. The van der Waals surface area contributed by atoms with Crippen LogP contribution in [-0.4, -0.2) is 37.2 Å². The Morgan fingerprint density at radius 2 is 0.586 bits per heavy atom. The third-order valence-corrected chi connectivity index (χ3v) is 12.9. The summed E-state index contributed by atoms with van der Waals surface area (Å²) in [6, 6.07) is 0. The Morgan fingerprint density at radius 3 is 0.957 bits per heavy atom. The zero-order valence-electron chi connectivity index (χ0n) is 46.3. The summed E-state index contributed by atoms with van der Waals surface area (Å²) in [7, 11) is 0. The van der Waals surface area contributed by atoms with Gasteiger partial charge in [0.05, 0.1) is 0 Å². The summed E-state index contributed by atoms with van der Waals surface area (Å²) in [6.07, 6.45) is 74.9. The highest BCUT2D eigenvalue weighted by Crippen LogP contribution is 2.17. The highest BCUT2D eigenvalue weighted by molar-refractivity contribution is 5.71. The first-order valence-corrected chi connectivity index (χ1v) is 29.9. The summed E-state index contributed by atoms with van der Waals surface area (Å²) in [6.45, 7) is 6.44. The molecule has 0 aliphatic carbocycles. The average Bonchev–Trinajstić information content (AvgIpc) is 3.36. The normalized spacial score (nSPS) is 12.6. The van der Waals surface area contributed by atoms with Gasteiger partial charge in [0, 0.05) is 19.3 Å². The molecule has 404 valence electrons. The smallest absolute Gasteiger partial charge is 0.306 e. The van der Waals surface area contributed by atoms with E-state index in [2.05, 4.69) is 93.7 Å². The van der Waals surface area contributed by atoms with Crippen LogP contribution in [0, 0.1) is 0 Å². The van der Waals surface area contributed by atoms with Crippen LogP contribution in [0.5, 0.6) is 0 Å². The Balaban J connectivity index is 4.30. The van der Waals surface area contributed by atoms with Crippen LogP contribution in [0.1, 0.15) is 297 Å². The summed E-state index contributed by atoms with van der Waals surface area (Å²) in [5, 5.41) is 0. The van der Waals surface area contributed by atoms with Crippen LogP contribution in [0.4, 0.5) is 0 Å². The van der Waals surface area contributed by atoms with Crippen molar-refractivity contribution in [3.63, 3.8) is 0 Å². The maximum atomic E-state index is 12.8. The number of ether oxygens (including phenoxy) is 3. The maximum Gasteiger partial charge on any atom is 0.306 e. The van der Waals surface area contributed by atoms with Gasteiger partial charge in [0.1, 0.15) is 13.2 Å². The van der Waals surface area contributed by atoms with E-state index in [-0.39, 0.29) is 37.5 Å². The second-order valence-corrected chi connectivity index (χ2v) is 19.9. The molecule has 0 spiro atoms. The molecule has 6 heteroatoms. The molecule has 0 aromatic rings. The lowest BCUT2D eigenvalue weighted by Gasteiger charge is -2.18. The van der Waals surface area contributed by atoms with E-state index in [1.54, 1.807) is 0 Å². The van der Waals surface area contributed by atoms with Crippen molar-refractivity contribution >= 4 is 17.9 Å². The Morgan fingerprint density at radius 1 is 0.300 bits per heavy atom. The third-order valence-electron chi connectivity index (χ3n) is 12.9. The van der Waals surface area contributed by atoms with Crippen molar-refractivity contribution in [3.05, 3.63) is 72.9 Å². The van der Waals surface area contributed by atoms with Gasteiger partial charge in [0.15, 0.2) is 6.10 Å². The number of allylic oxidation sites excluding steroid dienone is 12. The maximum absolute atomic E-state index is 12.8. The molecule has 0 saturated carbocycles. The molecule has 0 N–H and O–H groups in total. The number of carbonyl (C=O) groups is 3. The largest absolute Gasteiger partial charge is 0.462 e. The zero-order valence-corrected chi connectivity index (χ0v) is 46.3. The first-order chi connectivity index (χ1) is 34.5. The summed E-state index contributed by atoms with van der Waals surface area (Å²) >= 11 is 0. The lowest BCUT2D eigenvalue weighted by Crippen LogP contribution is -2.30. The predicted molar refractivity (Wildman–Crippen MR) is 302 cm³/mol. The van der Waals surface area contributed by atoms with E-state index in [1.807, 2.05) is 0 Å². The van der Waals surface area contributed by atoms with E-state index in [9.17, 15) is 14.4 Å². The summed E-state index contributed by atoms with van der Waals surface area (Å²) in [5.74, 6) is -0.942. The molecule has 0 aliphatic rings. The van der Waals surface area contributed by atoms with Crippen LogP contribution in [0.15, 0.2) is 72.9 Å². The summed E-state index contributed by atoms with van der Waals surface area (Å²) < 4.78 is 16.8. The molecule has 1 unspecified atom stereocenters. The van der Waals surface area contributed by atoms with Crippen LogP contribution < -0.4 is 0 Å². The van der Waals surface area contributed by atoms with Crippen molar-refractivity contribution in [1.29, 1.82) is 0 Å². The molecule has 70 heavy (non-hydrogen) atoms.